The van der Waals surface area contributed by atoms with E-state index in [-0.39, 0.29) is 5.75 Å². The predicted octanol–water partition coefficient (Wildman–Crippen LogP) is 4.11. The number of hydrogen-bond donors (Lipinski definition) is 1. The number of sulfonamides is 2. The minimum absolute atomic E-state index is 0.209. The first-order chi connectivity index (χ1) is 18.0. The molecule has 230 valence electrons. The van der Waals surface area contributed by atoms with Gasteiger partial charge in [0, 0.05) is 46.9 Å². The fourth-order valence-corrected chi connectivity index (χ4v) is 5.81. The summed E-state index contributed by atoms with van der Waals surface area (Å²) in [5.41, 5.74) is 0.925. The Morgan fingerprint density at radius 1 is 0.868 bits per heavy atom. The summed E-state index contributed by atoms with van der Waals surface area (Å²) in [4.78, 5) is 3.62. The summed E-state index contributed by atoms with van der Waals surface area (Å²) in [6.07, 6.45) is 8.91. The lowest BCUT2D eigenvalue weighted by Gasteiger charge is -2.21. The lowest BCUT2D eigenvalue weighted by molar-refractivity contribution is 0.143. The van der Waals surface area contributed by atoms with Crippen molar-refractivity contribution in [1.82, 2.24) is 13.9 Å². The van der Waals surface area contributed by atoms with Crippen LogP contribution in [0.5, 0.6) is 0 Å². The molecule has 12 heteroatoms. The second-order valence-electron chi connectivity index (χ2n) is 8.50. The molecule has 0 aromatic heterocycles. The van der Waals surface area contributed by atoms with Gasteiger partial charge in [-0.25, -0.2) is 25.4 Å². The van der Waals surface area contributed by atoms with Crippen molar-refractivity contribution in [3.63, 3.8) is 0 Å². The number of unbranched alkanes of at least 4 members (excludes halogenated alkanes) is 1. The number of rotatable bonds is 21. The van der Waals surface area contributed by atoms with Crippen molar-refractivity contribution in [2.45, 2.75) is 80.1 Å². The topological polar surface area (TPSA) is 118 Å². The van der Waals surface area contributed by atoms with Gasteiger partial charge in [-0.2, -0.15) is 0 Å². The fourth-order valence-electron chi connectivity index (χ4n) is 3.05. The molecule has 0 aromatic rings. The number of nitrogens with one attached hydrogen (secondary N) is 1. The molecule has 0 unspecified atom stereocenters. The Kier molecular flexibility index (Phi) is 29.7. The van der Waals surface area contributed by atoms with Crippen molar-refractivity contribution in [1.29, 1.82) is 0 Å². The molecule has 0 aromatic carbocycles. The highest BCUT2D eigenvalue weighted by atomic mass is 32.2. The van der Waals surface area contributed by atoms with E-state index in [9.17, 15) is 16.8 Å². The van der Waals surface area contributed by atoms with Crippen molar-refractivity contribution >= 4 is 26.4 Å². The molecule has 0 aliphatic carbocycles. The third-order valence-corrected chi connectivity index (χ3v) is 8.06. The smallest absolute Gasteiger partial charge is 0.214 e. The normalized spacial score (nSPS) is 12.2. The zero-order valence-electron chi connectivity index (χ0n) is 25.7. The Labute approximate surface area is 235 Å². The van der Waals surface area contributed by atoms with Gasteiger partial charge in [-0.3, -0.25) is 4.99 Å². The molecule has 0 bridgehead atoms. The van der Waals surface area contributed by atoms with Gasteiger partial charge < -0.3 is 14.8 Å². The van der Waals surface area contributed by atoms with Gasteiger partial charge in [0.05, 0.1) is 37.8 Å². The van der Waals surface area contributed by atoms with Crippen LogP contribution >= 0.6 is 0 Å². The van der Waals surface area contributed by atoms with E-state index < -0.39 is 20.0 Å². The monoisotopic (exact) mass is 586 g/mol. The van der Waals surface area contributed by atoms with Crippen LogP contribution in [0.1, 0.15) is 80.1 Å². The number of ether oxygens (including phenoxy) is 2. The van der Waals surface area contributed by atoms with Crippen molar-refractivity contribution in [2.24, 2.45) is 4.99 Å². The zero-order chi connectivity index (χ0) is 29.9. The van der Waals surface area contributed by atoms with E-state index in [1.807, 2.05) is 48.6 Å². The summed E-state index contributed by atoms with van der Waals surface area (Å²) in [5.74, 6) is 0.209. The fraction of sp³-hybridized carbons (Fsp3) is 0.885. The van der Waals surface area contributed by atoms with E-state index in [2.05, 4.69) is 10.3 Å². The lowest BCUT2D eigenvalue weighted by atomic mass is 10.3. The largest absolute Gasteiger partial charge is 0.501 e. The van der Waals surface area contributed by atoms with Crippen LogP contribution < -0.4 is 5.32 Å². The predicted molar refractivity (Wildman–Crippen MR) is 162 cm³/mol. The second-order valence-corrected chi connectivity index (χ2v) is 12.6. The zero-order valence-corrected chi connectivity index (χ0v) is 27.3. The van der Waals surface area contributed by atoms with Gasteiger partial charge in [-0.1, -0.05) is 41.0 Å². The maximum absolute atomic E-state index is 12.4. The molecule has 0 aliphatic rings. The van der Waals surface area contributed by atoms with Crippen molar-refractivity contribution in [3.8, 4) is 0 Å². The Balaban J connectivity index is -0.00000155. The SMILES string of the molecule is CC.CCCCS(=O)(=O)N(CCC)CCCO/C=C(\C)COCCCN(CCC)S(C)(=O)=O.CN=CNC. The average Bonchev–Trinajstić information content (AvgIpc) is 2.87. The summed E-state index contributed by atoms with van der Waals surface area (Å²) in [7, 11) is -2.82. The summed E-state index contributed by atoms with van der Waals surface area (Å²) >= 11 is 0. The molecule has 0 heterocycles. The van der Waals surface area contributed by atoms with Crippen molar-refractivity contribution in [3.05, 3.63) is 11.8 Å². The van der Waals surface area contributed by atoms with Gasteiger partial charge in [0.2, 0.25) is 20.0 Å². The van der Waals surface area contributed by atoms with Gasteiger partial charge in [0.25, 0.3) is 0 Å². The van der Waals surface area contributed by atoms with E-state index in [4.69, 9.17) is 9.47 Å². The molecule has 0 aliphatic heterocycles. The molecular formula is C26H58N4O6S2. The van der Waals surface area contributed by atoms with E-state index in [1.165, 1.54) is 10.6 Å². The van der Waals surface area contributed by atoms with E-state index in [0.717, 1.165) is 24.8 Å². The molecule has 0 spiro atoms. The third-order valence-electron chi connectivity index (χ3n) is 4.80. The van der Waals surface area contributed by atoms with Crippen LogP contribution in [-0.4, -0.2) is 104 Å². The maximum Gasteiger partial charge on any atom is 0.214 e. The minimum Gasteiger partial charge on any atom is -0.501 e. The number of aliphatic imine (C=N–C) groups is 1. The Morgan fingerprint density at radius 2 is 1.42 bits per heavy atom. The molecule has 38 heavy (non-hydrogen) atoms. The lowest BCUT2D eigenvalue weighted by Crippen LogP contribution is -2.35. The van der Waals surface area contributed by atoms with E-state index in [0.29, 0.717) is 65.3 Å². The Morgan fingerprint density at radius 3 is 1.89 bits per heavy atom. The molecule has 1 N–H and O–H groups in total. The van der Waals surface area contributed by atoms with Gasteiger partial charge in [-0.15, -0.1) is 0 Å². The van der Waals surface area contributed by atoms with Crippen LogP contribution in [0, 0.1) is 0 Å². The van der Waals surface area contributed by atoms with Gasteiger partial charge in [-0.05, 0) is 44.6 Å². The standard InChI is InChI=1S/C21H44N2O6S2.C3H8N2.C2H6/c1-6-9-18-31(26,27)23(13-8-3)15-11-17-29-20-21(4)19-28-16-10-14-22(12-7-2)30(5,24)25;1-4-3-5-2;1-2/h20H,6-19H2,1-5H3;3H,1-2H3,(H,4,5);1-2H3/b21-20+;;. The van der Waals surface area contributed by atoms with Crippen LogP contribution in [0.3, 0.4) is 0 Å². The highest BCUT2D eigenvalue weighted by Gasteiger charge is 2.20. The molecule has 0 atom stereocenters. The molecule has 0 fully saturated rings. The average molecular weight is 587 g/mol. The molecule has 0 radical (unpaired) electrons. The Bertz CT molecular complexity index is 788. The molecule has 0 saturated heterocycles. The molecular weight excluding hydrogens is 528 g/mol. The summed E-state index contributed by atoms with van der Waals surface area (Å²) in [6, 6.07) is 0. The number of nitrogens with zero attached hydrogens (tertiary/aromatic N) is 3. The van der Waals surface area contributed by atoms with E-state index in [1.54, 1.807) is 24.0 Å². The van der Waals surface area contributed by atoms with Crippen molar-refractivity contribution in [2.75, 3.05) is 72.1 Å². The van der Waals surface area contributed by atoms with Crippen LogP contribution in [0.15, 0.2) is 16.8 Å². The van der Waals surface area contributed by atoms with Crippen LogP contribution in [0.25, 0.3) is 0 Å². The van der Waals surface area contributed by atoms with Crippen LogP contribution in [0.2, 0.25) is 0 Å². The first kappa shape index (κ1) is 41.3. The van der Waals surface area contributed by atoms with Crippen LogP contribution in [-0.2, 0) is 29.5 Å². The minimum atomic E-state index is -3.19. The summed E-state index contributed by atoms with van der Waals surface area (Å²) in [6.45, 7) is 15.2. The second kappa shape index (κ2) is 27.4. The molecule has 0 saturated carbocycles. The molecule has 0 rings (SSSR count). The van der Waals surface area contributed by atoms with Gasteiger partial charge in [0.15, 0.2) is 0 Å². The number of hydrogen-bond acceptors (Lipinski definition) is 7. The summed E-state index contributed by atoms with van der Waals surface area (Å²) < 4.78 is 62.3. The Hall–Kier alpha value is -1.21. The van der Waals surface area contributed by atoms with Crippen LogP contribution in [0.4, 0.5) is 0 Å². The third kappa shape index (κ3) is 25.1. The first-order valence-electron chi connectivity index (χ1n) is 13.9. The summed E-state index contributed by atoms with van der Waals surface area (Å²) in [5, 5.41) is 2.73. The highest BCUT2D eigenvalue weighted by molar-refractivity contribution is 7.89. The quantitative estimate of drug-likeness (QED) is 0.0931. The molecule has 10 nitrogen and oxygen atoms in total. The van der Waals surface area contributed by atoms with Gasteiger partial charge >= 0.3 is 0 Å². The first-order valence-corrected chi connectivity index (χ1v) is 17.3. The highest BCUT2D eigenvalue weighted by Crippen LogP contribution is 2.08. The van der Waals surface area contributed by atoms with Crippen molar-refractivity contribution < 1.29 is 26.3 Å². The van der Waals surface area contributed by atoms with E-state index >= 15 is 0 Å². The molecule has 0 amide bonds. The van der Waals surface area contributed by atoms with Gasteiger partial charge in [0.1, 0.15) is 0 Å². The maximum atomic E-state index is 12.4.